The topological polar surface area (TPSA) is 69.6 Å². The number of aliphatic hydroxyl groups is 1. The van der Waals surface area contributed by atoms with Crippen molar-refractivity contribution in [2.24, 2.45) is 5.41 Å². The quantitative estimate of drug-likeness (QED) is 0.828. The number of nitrogens with zero attached hydrogens (tertiary/aromatic N) is 1. The van der Waals surface area contributed by atoms with Crippen molar-refractivity contribution in [1.82, 2.24) is 4.31 Å². The van der Waals surface area contributed by atoms with Gasteiger partial charge in [0.2, 0.25) is 10.0 Å². The summed E-state index contributed by atoms with van der Waals surface area (Å²) in [5.41, 5.74) is 0.619. The highest BCUT2D eigenvalue weighted by atomic mass is 32.2. The number of sulfonamides is 1. The van der Waals surface area contributed by atoms with Crippen molar-refractivity contribution >= 4 is 15.7 Å². The molecule has 0 saturated carbocycles. The summed E-state index contributed by atoms with van der Waals surface area (Å²) in [6, 6.07) is 6.60. The fraction of sp³-hybridized carbons (Fsp3) is 0.538. The van der Waals surface area contributed by atoms with Crippen molar-refractivity contribution in [2.75, 3.05) is 32.6 Å². The predicted octanol–water partition coefficient (Wildman–Crippen LogP) is 1.37. The molecular weight excluding hydrogens is 264 g/mol. The van der Waals surface area contributed by atoms with Crippen LogP contribution in [0.1, 0.15) is 13.8 Å². The van der Waals surface area contributed by atoms with Crippen LogP contribution >= 0.6 is 0 Å². The summed E-state index contributed by atoms with van der Waals surface area (Å²) in [6.07, 6.45) is 0. The second-order valence-electron chi connectivity index (χ2n) is 5.49. The highest BCUT2D eigenvalue weighted by Crippen LogP contribution is 2.19. The van der Waals surface area contributed by atoms with Crippen LogP contribution in [0.4, 0.5) is 5.69 Å². The Labute approximate surface area is 115 Å². The molecule has 0 aromatic heterocycles. The van der Waals surface area contributed by atoms with Crippen molar-refractivity contribution < 1.29 is 13.5 Å². The van der Waals surface area contributed by atoms with Crippen LogP contribution in [-0.2, 0) is 10.0 Å². The number of benzene rings is 1. The maximum absolute atomic E-state index is 11.9. The van der Waals surface area contributed by atoms with E-state index in [0.29, 0.717) is 6.54 Å². The molecule has 2 N–H and O–H groups in total. The number of nitrogens with one attached hydrogen (secondary N) is 1. The molecule has 19 heavy (non-hydrogen) atoms. The average Bonchev–Trinajstić information content (AvgIpc) is 2.37. The van der Waals surface area contributed by atoms with Gasteiger partial charge in [-0.25, -0.2) is 12.7 Å². The monoisotopic (exact) mass is 286 g/mol. The van der Waals surface area contributed by atoms with Crippen LogP contribution in [0, 0.1) is 5.41 Å². The van der Waals surface area contributed by atoms with Gasteiger partial charge in [0.15, 0.2) is 0 Å². The van der Waals surface area contributed by atoms with E-state index in [0.717, 1.165) is 5.69 Å². The highest BCUT2D eigenvalue weighted by Gasteiger charge is 2.18. The van der Waals surface area contributed by atoms with Crippen LogP contribution in [0.25, 0.3) is 0 Å². The minimum atomic E-state index is -3.38. The first-order chi connectivity index (χ1) is 8.69. The lowest BCUT2D eigenvalue weighted by Crippen LogP contribution is -2.26. The second kappa shape index (κ2) is 5.90. The fourth-order valence-electron chi connectivity index (χ4n) is 1.35. The molecule has 0 amide bonds. The summed E-state index contributed by atoms with van der Waals surface area (Å²) >= 11 is 0. The van der Waals surface area contributed by atoms with Gasteiger partial charge in [0.05, 0.1) is 4.90 Å². The Hall–Kier alpha value is -1.11. The normalized spacial score (nSPS) is 12.7. The Kier molecular flexibility index (Phi) is 4.95. The fourth-order valence-corrected chi connectivity index (χ4v) is 2.25. The van der Waals surface area contributed by atoms with E-state index < -0.39 is 10.0 Å². The summed E-state index contributed by atoms with van der Waals surface area (Å²) in [4.78, 5) is 0.268. The minimum Gasteiger partial charge on any atom is -0.396 e. The molecule has 1 aromatic carbocycles. The molecule has 0 radical (unpaired) electrons. The van der Waals surface area contributed by atoms with Crippen molar-refractivity contribution in [3.05, 3.63) is 24.3 Å². The van der Waals surface area contributed by atoms with Gasteiger partial charge in [0, 0.05) is 38.3 Å². The molecule has 0 aliphatic heterocycles. The molecule has 0 unspecified atom stereocenters. The summed E-state index contributed by atoms with van der Waals surface area (Å²) in [5.74, 6) is 0. The van der Waals surface area contributed by atoms with Crippen molar-refractivity contribution in [2.45, 2.75) is 18.7 Å². The van der Waals surface area contributed by atoms with Gasteiger partial charge in [-0.1, -0.05) is 13.8 Å². The number of hydrogen-bond acceptors (Lipinski definition) is 4. The lowest BCUT2D eigenvalue weighted by Gasteiger charge is -2.22. The van der Waals surface area contributed by atoms with Crippen LogP contribution < -0.4 is 5.32 Å². The van der Waals surface area contributed by atoms with Crippen LogP contribution in [0.2, 0.25) is 0 Å². The molecule has 6 heteroatoms. The van der Waals surface area contributed by atoms with Gasteiger partial charge < -0.3 is 10.4 Å². The third-order valence-electron chi connectivity index (χ3n) is 2.83. The molecule has 0 heterocycles. The largest absolute Gasteiger partial charge is 0.396 e. The van der Waals surface area contributed by atoms with Gasteiger partial charge in [0.25, 0.3) is 0 Å². The smallest absolute Gasteiger partial charge is 0.242 e. The van der Waals surface area contributed by atoms with Gasteiger partial charge in [0.1, 0.15) is 0 Å². The Balaban J connectivity index is 2.78. The van der Waals surface area contributed by atoms with E-state index in [9.17, 15) is 8.42 Å². The molecule has 0 aliphatic carbocycles. The predicted molar refractivity (Wildman–Crippen MR) is 76.7 cm³/mol. The van der Waals surface area contributed by atoms with Crippen molar-refractivity contribution in [1.29, 1.82) is 0 Å². The zero-order valence-corrected chi connectivity index (χ0v) is 12.7. The van der Waals surface area contributed by atoms with E-state index in [2.05, 4.69) is 5.32 Å². The Morgan fingerprint density at radius 3 is 2.16 bits per heavy atom. The Bertz CT molecular complexity index is 507. The number of hydrogen-bond donors (Lipinski definition) is 2. The molecule has 1 aromatic rings. The maximum Gasteiger partial charge on any atom is 0.242 e. The highest BCUT2D eigenvalue weighted by molar-refractivity contribution is 7.89. The van der Waals surface area contributed by atoms with E-state index >= 15 is 0 Å². The molecule has 0 bridgehead atoms. The maximum atomic E-state index is 11.9. The van der Waals surface area contributed by atoms with Gasteiger partial charge in [-0.15, -0.1) is 0 Å². The first-order valence-electron chi connectivity index (χ1n) is 6.06. The third kappa shape index (κ3) is 4.19. The van der Waals surface area contributed by atoms with Crippen LogP contribution in [0.15, 0.2) is 29.2 Å². The summed E-state index contributed by atoms with van der Waals surface area (Å²) in [5, 5.41) is 12.3. The molecule has 1 rings (SSSR count). The molecule has 108 valence electrons. The van der Waals surface area contributed by atoms with Gasteiger partial charge in [-0.2, -0.15) is 0 Å². The molecule has 0 fully saturated rings. The number of anilines is 1. The average molecular weight is 286 g/mol. The van der Waals surface area contributed by atoms with E-state index in [-0.39, 0.29) is 16.9 Å². The zero-order valence-electron chi connectivity index (χ0n) is 11.8. The van der Waals surface area contributed by atoms with Gasteiger partial charge in [-0.3, -0.25) is 0 Å². The zero-order chi connectivity index (χ0) is 14.7. The number of rotatable bonds is 6. The molecule has 5 nitrogen and oxygen atoms in total. The molecule has 0 spiro atoms. The van der Waals surface area contributed by atoms with E-state index in [1.54, 1.807) is 24.3 Å². The van der Waals surface area contributed by atoms with Gasteiger partial charge >= 0.3 is 0 Å². The summed E-state index contributed by atoms with van der Waals surface area (Å²) < 4.78 is 24.9. The minimum absolute atomic E-state index is 0.0904. The SMILES string of the molecule is CN(C)S(=O)(=O)c1ccc(NCC(C)(C)CO)cc1. The summed E-state index contributed by atoms with van der Waals surface area (Å²) in [7, 11) is -0.366. The lowest BCUT2D eigenvalue weighted by molar-refractivity contribution is 0.171. The third-order valence-corrected chi connectivity index (χ3v) is 4.66. The van der Waals surface area contributed by atoms with Crippen molar-refractivity contribution in [3.8, 4) is 0 Å². The first kappa shape index (κ1) is 15.9. The molecule has 0 saturated heterocycles. The van der Waals surface area contributed by atoms with E-state index in [1.807, 2.05) is 13.8 Å². The number of aliphatic hydroxyl groups excluding tert-OH is 1. The first-order valence-corrected chi connectivity index (χ1v) is 7.50. The second-order valence-corrected chi connectivity index (χ2v) is 7.64. The summed E-state index contributed by atoms with van der Waals surface area (Å²) in [6.45, 7) is 4.60. The van der Waals surface area contributed by atoms with Gasteiger partial charge in [-0.05, 0) is 24.3 Å². The standard InChI is InChI=1S/C13H22N2O3S/c1-13(2,10-16)9-14-11-5-7-12(8-6-11)19(17,18)15(3)4/h5-8,14,16H,9-10H2,1-4H3. The van der Waals surface area contributed by atoms with E-state index in [4.69, 9.17) is 5.11 Å². The molecule has 0 atom stereocenters. The Morgan fingerprint density at radius 2 is 1.74 bits per heavy atom. The lowest BCUT2D eigenvalue weighted by atomic mass is 9.95. The van der Waals surface area contributed by atoms with Crippen LogP contribution in [0.5, 0.6) is 0 Å². The van der Waals surface area contributed by atoms with Crippen LogP contribution in [0.3, 0.4) is 0 Å². The van der Waals surface area contributed by atoms with Crippen LogP contribution in [-0.4, -0.2) is 45.1 Å². The molecular formula is C13H22N2O3S. The van der Waals surface area contributed by atoms with Crippen molar-refractivity contribution in [3.63, 3.8) is 0 Å². The Morgan fingerprint density at radius 1 is 1.21 bits per heavy atom. The van der Waals surface area contributed by atoms with E-state index in [1.165, 1.54) is 18.4 Å². The molecule has 0 aliphatic rings.